The summed E-state index contributed by atoms with van der Waals surface area (Å²) in [7, 11) is 0. The second kappa shape index (κ2) is 3.99. The van der Waals surface area contributed by atoms with Crippen molar-refractivity contribution in [3.8, 4) is 0 Å². The minimum absolute atomic E-state index is 0.253. The summed E-state index contributed by atoms with van der Waals surface area (Å²) in [6, 6.07) is 0. The molecule has 0 radical (unpaired) electrons. The number of hydrogen-bond acceptors (Lipinski definition) is 2. The fourth-order valence-electron chi connectivity index (χ4n) is 0.202. The molecule has 0 aliphatic carbocycles. The monoisotopic (exact) mass is 110 g/mol. The molecular formula is C6H6O2. The first-order valence-electron chi connectivity index (χ1n) is 2.09. The molecule has 0 saturated carbocycles. The molecule has 0 saturated heterocycles. The molecule has 2 nitrogen and oxygen atoms in total. The van der Waals surface area contributed by atoms with Crippen LogP contribution in [0.4, 0.5) is 0 Å². The minimum atomic E-state index is -0.253. The number of ketones is 1. The molecule has 0 aromatic carbocycles. The Morgan fingerprint density at radius 3 is 2.50 bits per heavy atom. The van der Waals surface area contributed by atoms with E-state index in [2.05, 4.69) is 6.58 Å². The smallest absolute Gasteiger partial charge is 0.178 e. The second-order valence-corrected chi connectivity index (χ2v) is 1.10. The van der Waals surface area contributed by atoms with Crippen LogP contribution < -0.4 is 0 Å². The van der Waals surface area contributed by atoms with E-state index in [0.29, 0.717) is 6.29 Å². The lowest BCUT2D eigenvalue weighted by Crippen LogP contribution is -1.81. The van der Waals surface area contributed by atoms with Crippen molar-refractivity contribution in [2.24, 2.45) is 0 Å². The van der Waals surface area contributed by atoms with Gasteiger partial charge in [0, 0.05) is 0 Å². The van der Waals surface area contributed by atoms with Crippen LogP contribution in [0, 0.1) is 0 Å². The van der Waals surface area contributed by atoms with Gasteiger partial charge in [0.1, 0.15) is 6.29 Å². The molecule has 0 aromatic heterocycles. The molecule has 8 heavy (non-hydrogen) atoms. The third kappa shape index (κ3) is 3.03. The number of carbonyl (C=O) groups is 2. The molecule has 0 N–H and O–H groups in total. The van der Waals surface area contributed by atoms with Crippen molar-refractivity contribution in [2.45, 2.75) is 0 Å². The molecule has 0 rings (SSSR count). The average Bonchev–Trinajstić information content (AvgIpc) is 1.83. The van der Waals surface area contributed by atoms with E-state index >= 15 is 0 Å². The predicted molar refractivity (Wildman–Crippen MR) is 30.4 cm³/mol. The van der Waals surface area contributed by atoms with Crippen molar-refractivity contribution in [3.05, 3.63) is 24.8 Å². The van der Waals surface area contributed by atoms with Crippen LogP contribution >= 0.6 is 0 Å². The van der Waals surface area contributed by atoms with E-state index in [9.17, 15) is 9.59 Å². The summed E-state index contributed by atoms with van der Waals surface area (Å²) in [4.78, 5) is 19.8. The quantitative estimate of drug-likeness (QED) is 0.391. The van der Waals surface area contributed by atoms with Crippen molar-refractivity contribution in [1.82, 2.24) is 0 Å². The highest BCUT2D eigenvalue weighted by Crippen LogP contribution is 1.73. The molecule has 0 heterocycles. The molecule has 0 amide bonds. The summed E-state index contributed by atoms with van der Waals surface area (Å²) >= 11 is 0. The van der Waals surface area contributed by atoms with Crippen LogP contribution in [0.15, 0.2) is 24.8 Å². The first kappa shape index (κ1) is 6.82. The van der Waals surface area contributed by atoms with Gasteiger partial charge in [-0.2, -0.15) is 0 Å². The average molecular weight is 110 g/mol. The largest absolute Gasteiger partial charge is 0.299 e. The van der Waals surface area contributed by atoms with Crippen LogP contribution in [0.1, 0.15) is 0 Å². The highest BCUT2D eigenvalue weighted by Gasteiger charge is 1.80. The van der Waals surface area contributed by atoms with Gasteiger partial charge in [0.05, 0.1) is 0 Å². The van der Waals surface area contributed by atoms with Gasteiger partial charge in [-0.05, 0) is 18.2 Å². The van der Waals surface area contributed by atoms with Gasteiger partial charge in [0.15, 0.2) is 5.78 Å². The van der Waals surface area contributed by atoms with Crippen molar-refractivity contribution < 1.29 is 9.59 Å². The highest BCUT2D eigenvalue weighted by molar-refractivity contribution is 6.00. The number of hydrogen-bond donors (Lipinski definition) is 0. The Bertz CT molecular complexity index is 133. The first-order valence-corrected chi connectivity index (χ1v) is 2.09. The first-order chi connectivity index (χ1) is 3.81. The van der Waals surface area contributed by atoms with Gasteiger partial charge in [0.2, 0.25) is 0 Å². The number of aldehydes is 1. The zero-order valence-electron chi connectivity index (χ0n) is 4.33. The number of rotatable bonds is 3. The van der Waals surface area contributed by atoms with E-state index in [1.165, 1.54) is 0 Å². The highest BCUT2D eigenvalue weighted by atomic mass is 16.1. The van der Waals surface area contributed by atoms with Gasteiger partial charge in [-0.3, -0.25) is 9.59 Å². The predicted octanol–water partition coefficient (Wildman–Crippen LogP) is 0.497. The topological polar surface area (TPSA) is 34.1 Å². The lowest BCUT2D eigenvalue weighted by molar-refractivity contribution is -0.111. The third-order valence-corrected chi connectivity index (χ3v) is 0.540. The van der Waals surface area contributed by atoms with Crippen LogP contribution in [-0.4, -0.2) is 12.1 Å². The van der Waals surface area contributed by atoms with Crippen LogP contribution in [0.5, 0.6) is 0 Å². The summed E-state index contributed by atoms with van der Waals surface area (Å²) in [6.45, 7) is 3.20. The molecular weight excluding hydrogens is 104 g/mol. The molecule has 42 valence electrons. The maximum absolute atomic E-state index is 10.2. The Morgan fingerprint density at radius 1 is 1.50 bits per heavy atom. The Kier molecular flexibility index (Phi) is 3.40. The van der Waals surface area contributed by atoms with Gasteiger partial charge < -0.3 is 0 Å². The molecule has 0 atom stereocenters. The molecule has 2 heteroatoms. The molecule has 0 unspecified atom stereocenters. The zero-order valence-corrected chi connectivity index (χ0v) is 4.33. The third-order valence-electron chi connectivity index (χ3n) is 0.540. The summed E-state index contributed by atoms with van der Waals surface area (Å²) in [5.74, 6) is -0.253. The Morgan fingerprint density at radius 2 is 2.12 bits per heavy atom. The minimum Gasteiger partial charge on any atom is -0.299 e. The summed E-state index contributed by atoms with van der Waals surface area (Å²) in [5.41, 5.74) is 0. The normalized spacial score (nSPS) is 9.00. The van der Waals surface area contributed by atoms with E-state index in [1.807, 2.05) is 0 Å². The zero-order chi connectivity index (χ0) is 6.41. The second-order valence-electron chi connectivity index (χ2n) is 1.10. The van der Waals surface area contributed by atoms with Crippen molar-refractivity contribution in [1.29, 1.82) is 0 Å². The lowest BCUT2D eigenvalue weighted by Gasteiger charge is -1.71. The van der Waals surface area contributed by atoms with Gasteiger partial charge >= 0.3 is 0 Å². The molecule has 0 fully saturated rings. The van der Waals surface area contributed by atoms with Gasteiger partial charge in [-0.25, -0.2) is 0 Å². The number of carbonyl (C=O) groups excluding carboxylic acids is 2. The summed E-state index contributed by atoms with van der Waals surface area (Å²) < 4.78 is 0. The summed E-state index contributed by atoms with van der Waals surface area (Å²) in [5, 5.41) is 0. The van der Waals surface area contributed by atoms with E-state index < -0.39 is 0 Å². The lowest BCUT2D eigenvalue weighted by atomic mass is 10.3. The number of allylic oxidation sites excluding steroid dienone is 3. The standard InChI is InChI=1S/C6H6O2/c1-2-6(8)4-3-5-7/h2-5H,1H2. The molecule has 0 spiro atoms. The van der Waals surface area contributed by atoms with Gasteiger partial charge in [0.25, 0.3) is 0 Å². The van der Waals surface area contributed by atoms with Crippen LogP contribution in [0.3, 0.4) is 0 Å². The SMILES string of the molecule is C=CC(=O)C=CC=O. The van der Waals surface area contributed by atoms with E-state index in [-0.39, 0.29) is 5.78 Å². The van der Waals surface area contributed by atoms with Crippen LogP contribution in [0.2, 0.25) is 0 Å². The van der Waals surface area contributed by atoms with Crippen LogP contribution in [0.25, 0.3) is 0 Å². The molecule has 0 aromatic rings. The summed E-state index contributed by atoms with van der Waals surface area (Å²) in [6.07, 6.45) is 3.96. The maximum atomic E-state index is 10.2. The van der Waals surface area contributed by atoms with Crippen molar-refractivity contribution in [2.75, 3.05) is 0 Å². The Balaban J connectivity index is 3.69. The van der Waals surface area contributed by atoms with Gasteiger partial charge in [-0.15, -0.1) is 0 Å². The fraction of sp³-hybridized carbons (Fsp3) is 0. The molecule has 0 aliphatic rings. The van der Waals surface area contributed by atoms with Crippen molar-refractivity contribution in [3.63, 3.8) is 0 Å². The molecule has 0 bridgehead atoms. The van der Waals surface area contributed by atoms with Gasteiger partial charge in [-0.1, -0.05) is 6.58 Å². The van der Waals surface area contributed by atoms with E-state index in [1.54, 1.807) is 0 Å². The van der Waals surface area contributed by atoms with E-state index in [4.69, 9.17) is 0 Å². The Hall–Kier alpha value is -1.18. The van der Waals surface area contributed by atoms with E-state index in [0.717, 1.165) is 18.2 Å². The van der Waals surface area contributed by atoms with Crippen LogP contribution in [-0.2, 0) is 9.59 Å². The fourth-order valence-corrected chi connectivity index (χ4v) is 0.202. The van der Waals surface area contributed by atoms with Crippen molar-refractivity contribution >= 4 is 12.1 Å². The Labute approximate surface area is 47.5 Å². The molecule has 0 aliphatic heterocycles. The maximum Gasteiger partial charge on any atom is 0.178 e.